The number of hydrogen-bond acceptors (Lipinski definition) is 4. The van der Waals surface area contributed by atoms with Crippen molar-refractivity contribution in [3.05, 3.63) is 53.9 Å². The summed E-state index contributed by atoms with van der Waals surface area (Å²) in [5.41, 5.74) is 1.51. The van der Waals surface area contributed by atoms with E-state index in [0.717, 1.165) is 32.8 Å². The summed E-state index contributed by atoms with van der Waals surface area (Å²) < 4.78 is 7.12. The molecule has 1 saturated heterocycles. The van der Waals surface area contributed by atoms with Crippen molar-refractivity contribution in [1.82, 2.24) is 14.8 Å². The summed E-state index contributed by atoms with van der Waals surface area (Å²) in [7, 11) is 1.85. The highest BCUT2D eigenvalue weighted by Gasteiger charge is 2.15. The smallest absolute Gasteiger partial charge is 0.257 e. The Balaban J connectivity index is 1.58. The minimum absolute atomic E-state index is 0.192. The Labute approximate surface area is 152 Å². The molecule has 3 rings (SSSR count). The summed E-state index contributed by atoms with van der Waals surface area (Å²) in [5.74, 6) is -0.429. The minimum Gasteiger partial charge on any atom is -0.379 e. The number of para-hydroxylation sites is 1. The number of nitrogens with one attached hydrogen (secondary N) is 2. The van der Waals surface area contributed by atoms with Crippen LogP contribution in [-0.2, 0) is 11.8 Å². The summed E-state index contributed by atoms with van der Waals surface area (Å²) in [5, 5.41) is 5.75. The van der Waals surface area contributed by atoms with Crippen LogP contribution in [0.2, 0.25) is 0 Å². The average Bonchev–Trinajstić information content (AvgIpc) is 3.09. The van der Waals surface area contributed by atoms with Crippen molar-refractivity contribution >= 4 is 17.5 Å². The van der Waals surface area contributed by atoms with E-state index in [1.54, 1.807) is 47.3 Å². The number of nitrogens with zero attached hydrogens (tertiary/aromatic N) is 2. The third-order valence-electron chi connectivity index (χ3n) is 4.33. The molecule has 0 radical (unpaired) electrons. The van der Waals surface area contributed by atoms with E-state index in [4.69, 9.17) is 4.74 Å². The third-order valence-corrected chi connectivity index (χ3v) is 4.33. The fourth-order valence-corrected chi connectivity index (χ4v) is 2.87. The fraction of sp³-hybridized carbons (Fsp3) is 0.368. The fourth-order valence-electron chi connectivity index (χ4n) is 2.87. The highest BCUT2D eigenvalue weighted by Crippen LogP contribution is 2.16. The van der Waals surface area contributed by atoms with E-state index in [0.29, 0.717) is 23.4 Å². The molecule has 1 fully saturated rings. The number of amides is 2. The van der Waals surface area contributed by atoms with Crippen LogP contribution < -0.4 is 10.6 Å². The van der Waals surface area contributed by atoms with E-state index in [1.807, 2.05) is 7.05 Å². The number of ether oxygens (including phenoxy) is 1. The SMILES string of the molecule is Cn1ccc(C(=O)Nc2ccccc2C(=O)NCCN2CCOCC2)c1. The molecule has 2 heterocycles. The molecule has 0 bridgehead atoms. The second-order valence-electron chi connectivity index (χ2n) is 6.28. The van der Waals surface area contributed by atoms with E-state index in [2.05, 4.69) is 15.5 Å². The number of morpholine rings is 1. The zero-order valence-corrected chi connectivity index (χ0v) is 14.9. The van der Waals surface area contributed by atoms with Crippen molar-refractivity contribution in [2.24, 2.45) is 7.05 Å². The van der Waals surface area contributed by atoms with Crippen molar-refractivity contribution in [3.63, 3.8) is 0 Å². The van der Waals surface area contributed by atoms with Gasteiger partial charge in [-0.05, 0) is 18.2 Å². The molecule has 0 aliphatic carbocycles. The topological polar surface area (TPSA) is 75.6 Å². The first kappa shape index (κ1) is 18.2. The molecular formula is C19H24N4O3. The van der Waals surface area contributed by atoms with Gasteiger partial charge in [0, 0.05) is 45.6 Å². The first-order valence-electron chi connectivity index (χ1n) is 8.74. The lowest BCUT2D eigenvalue weighted by molar-refractivity contribution is 0.0383. The van der Waals surface area contributed by atoms with Crippen molar-refractivity contribution < 1.29 is 14.3 Å². The van der Waals surface area contributed by atoms with Crippen LogP contribution >= 0.6 is 0 Å². The molecule has 2 aromatic rings. The van der Waals surface area contributed by atoms with Gasteiger partial charge in [-0.2, -0.15) is 0 Å². The van der Waals surface area contributed by atoms with E-state index < -0.39 is 0 Å². The van der Waals surface area contributed by atoms with Crippen LogP contribution in [0, 0.1) is 0 Å². The largest absolute Gasteiger partial charge is 0.379 e. The van der Waals surface area contributed by atoms with E-state index in [-0.39, 0.29) is 11.8 Å². The summed E-state index contributed by atoms with van der Waals surface area (Å²) in [6, 6.07) is 8.77. The van der Waals surface area contributed by atoms with Crippen LogP contribution in [0.3, 0.4) is 0 Å². The van der Waals surface area contributed by atoms with E-state index in [1.165, 1.54) is 0 Å². The Morgan fingerprint density at radius 2 is 1.88 bits per heavy atom. The third kappa shape index (κ3) is 4.71. The Kier molecular flexibility index (Phi) is 6.04. The van der Waals surface area contributed by atoms with Gasteiger partial charge in [-0.25, -0.2) is 0 Å². The summed E-state index contributed by atoms with van der Waals surface area (Å²) in [6.45, 7) is 4.59. The van der Waals surface area contributed by atoms with Crippen LogP contribution in [0.4, 0.5) is 5.69 Å². The molecule has 1 aromatic carbocycles. The molecule has 7 heteroatoms. The van der Waals surface area contributed by atoms with Gasteiger partial charge in [0.25, 0.3) is 11.8 Å². The van der Waals surface area contributed by atoms with Gasteiger partial charge in [0.2, 0.25) is 0 Å². The maximum atomic E-state index is 12.5. The lowest BCUT2D eigenvalue weighted by atomic mass is 10.1. The molecule has 0 unspecified atom stereocenters. The Morgan fingerprint density at radius 3 is 2.62 bits per heavy atom. The van der Waals surface area contributed by atoms with Crippen molar-refractivity contribution in [1.29, 1.82) is 0 Å². The Hall–Kier alpha value is -2.64. The van der Waals surface area contributed by atoms with Crippen LogP contribution in [0.1, 0.15) is 20.7 Å². The number of aromatic nitrogens is 1. The molecule has 2 N–H and O–H groups in total. The van der Waals surface area contributed by atoms with Crippen LogP contribution in [0.25, 0.3) is 0 Å². The minimum atomic E-state index is -0.237. The first-order valence-corrected chi connectivity index (χ1v) is 8.74. The number of aryl methyl sites for hydroxylation is 1. The second-order valence-corrected chi connectivity index (χ2v) is 6.28. The molecular weight excluding hydrogens is 332 g/mol. The van der Waals surface area contributed by atoms with E-state index in [9.17, 15) is 9.59 Å². The maximum absolute atomic E-state index is 12.5. The lowest BCUT2D eigenvalue weighted by Crippen LogP contribution is -2.41. The molecule has 0 saturated carbocycles. The molecule has 0 spiro atoms. The number of hydrogen-bond donors (Lipinski definition) is 2. The standard InChI is InChI=1S/C19H24N4O3/c1-22-8-6-15(14-22)18(24)21-17-5-3-2-4-16(17)19(25)20-7-9-23-10-12-26-13-11-23/h2-6,8,14H,7,9-13H2,1H3,(H,20,25)(H,21,24). The highest BCUT2D eigenvalue weighted by atomic mass is 16.5. The van der Waals surface area contributed by atoms with Crippen LogP contribution in [0.15, 0.2) is 42.7 Å². The van der Waals surface area contributed by atoms with Crippen LogP contribution in [-0.4, -0.2) is 60.7 Å². The predicted octanol–water partition coefficient (Wildman–Crippen LogP) is 1.34. The van der Waals surface area contributed by atoms with Gasteiger partial charge in [-0.3, -0.25) is 14.5 Å². The Morgan fingerprint density at radius 1 is 1.12 bits per heavy atom. The normalized spacial score (nSPS) is 14.8. The van der Waals surface area contributed by atoms with Gasteiger partial charge in [-0.15, -0.1) is 0 Å². The van der Waals surface area contributed by atoms with Gasteiger partial charge in [0.05, 0.1) is 30.0 Å². The number of anilines is 1. The number of benzene rings is 1. The molecule has 1 aromatic heterocycles. The molecule has 7 nitrogen and oxygen atoms in total. The van der Waals surface area contributed by atoms with Gasteiger partial charge in [0.1, 0.15) is 0 Å². The van der Waals surface area contributed by atoms with Gasteiger partial charge < -0.3 is 19.9 Å². The molecule has 2 amide bonds. The van der Waals surface area contributed by atoms with Gasteiger partial charge in [-0.1, -0.05) is 12.1 Å². The average molecular weight is 356 g/mol. The first-order chi connectivity index (χ1) is 12.6. The monoisotopic (exact) mass is 356 g/mol. The predicted molar refractivity (Wildman–Crippen MR) is 99.4 cm³/mol. The Bertz CT molecular complexity index is 766. The summed E-state index contributed by atoms with van der Waals surface area (Å²) in [6.07, 6.45) is 3.54. The summed E-state index contributed by atoms with van der Waals surface area (Å²) >= 11 is 0. The lowest BCUT2D eigenvalue weighted by Gasteiger charge is -2.26. The zero-order valence-electron chi connectivity index (χ0n) is 14.9. The second kappa shape index (κ2) is 8.64. The maximum Gasteiger partial charge on any atom is 0.257 e. The number of carbonyl (C=O) groups is 2. The van der Waals surface area contributed by atoms with Crippen molar-refractivity contribution in [3.8, 4) is 0 Å². The van der Waals surface area contributed by atoms with Gasteiger partial charge >= 0.3 is 0 Å². The molecule has 1 aliphatic rings. The van der Waals surface area contributed by atoms with Gasteiger partial charge in [0.15, 0.2) is 0 Å². The zero-order chi connectivity index (χ0) is 18.4. The highest BCUT2D eigenvalue weighted by molar-refractivity contribution is 6.08. The van der Waals surface area contributed by atoms with Crippen molar-refractivity contribution in [2.45, 2.75) is 0 Å². The molecule has 1 aliphatic heterocycles. The molecule has 138 valence electrons. The number of rotatable bonds is 6. The van der Waals surface area contributed by atoms with Crippen LogP contribution in [0.5, 0.6) is 0 Å². The number of carbonyl (C=O) groups excluding carboxylic acids is 2. The van der Waals surface area contributed by atoms with Crippen molar-refractivity contribution in [2.75, 3.05) is 44.7 Å². The summed E-state index contributed by atoms with van der Waals surface area (Å²) in [4.78, 5) is 27.1. The quantitative estimate of drug-likeness (QED) is 0.819. The molecule has 26 heavy (non-hydrogen) atoms. The molecule has 0 atom stereocenters. The van der Waals surface area contributed by atoms with E-state index >= 15 is 0 Å².